The SMILES string of the molecule is CCn1nc(C)c(C(=O)NCC(C)c2ccc(F)cc2)c1C. The van der Waals surface area contributed by atoms with Crippen molar-refractivity contribution in [3.8, 4) is 0 Å². The predicted molar refractivity (Wildman–Crippen MR) is 84.5 cm³/mol. The molecule has 0 aliphatic rings. The molecular weight excluding hydrogens is 281 g/mol. The van der Waals surface area contributed by atoms with Gasteiger partial charge in [-0.3, -0.25) is 9.48 Å². The number of aromatic nitrogens is 2. The van der Waals surface area contributed by atoms with Crippen LogP contribution in [0.1, 0.15) is 47.1 Å². The van der Waals surface area contributed by atoms with Gasteiger partial charge in [-0.25, -0.2) is 4.39 Å². The lowest BCUT2D eigenvalue weighted by Crippen LogP contribution is -2.28. The fourth-order valence-electron chi connectivity index (χ4n) is 2.58. The van der Waals surface area contributed by atoms with Crippen LogP contribution in [-0.4, -0.2) is 22.2 Å². The zero-order valence-electron chi connectivity index (χ0n) is 13.5. The average molecular weight is 303 g/mol. The lowest BCUT2D eigenvalue weighted by atomic mass is 10.0. The van der Waals surface area contributed by atoms with Gasteiger partial charge >= 0.3 is 0 Å². The summed E-state index contributed by atoms with van der Waals surface area (Å²) < 4.78 is 14.8. The van der Waals surface area contributed by atoms with Crippen molar-refractivity contribution in [2.24, 2.45) is 0 Å². The molecule has 0 fully saturated rings. The molecule has 0 spiro atoms. The second-order valence-electron chi connectivity index (χ2n) is 5.52. The summed E-state index contributed by atoms with van der Waals surface area (Å²) in [5.74, 6) is -0.242. The zero-order chi connectivity index (χ0) is 16.3. The van der Waals surface area contributed by atoms with Crippen LogP contribution in [0.15, 0.2) is 24.3 Å². The first-order chi connectivity index (χ1) is 10.4. The highest BCUT2D eigenvalue weighted by molar-refractivity contribution is 5.96. The Morgan fingerprint density at radius 3 is 2.50 bits per heavy atom. The molecule has 1 heterocycles. The van der Waals surface area contributed by atoms with Gasteiger partial charge in [-0.05, 0) is 44.4 Å². The van der Waals surface area contributed by atoms with Crippen molar-refractivity contribution in [1.29, 1.82) is 0 Å². The third kappa shape index (κ3) is 3.35. The monoisotopic (exact) mass is 303 g/mol. The largest absolute Gasteiger partial charge is 0.351 e. The minimum atomic E-state index is -0.252. The first kappa shape index (κ1) is 16.2. The van der Waals surface area contributed by atoms with Crippen molar-refractivity contribution in [1.82, 2.24) is 15.1 Å². The molecule has 1 unspecified atom stereocenters. The van der Waals surface area contributed by atoms with E-state index in [1.165, 1.54) is 12.1 Å². The lowest BCUT2D eigenvalue weighted by Gasteiger charge is -2.13. The van der Waals surface area contributed by atoms with Gasteiger partial charge in [-0.2, -0.15) is 5.10 Å². The van der Waals surface area contributed by atoms with Crippen LogP contribution in [0.25, 0.3) is 0 Å². The van der Waals surface area contributed by atoms with Gasteiger partial charge in [0.25, 0.3) is 5.91 Å². The van der Waals surface area contributed by atoms with E-state index in [1.807, 2.05) is 32.4 Å². The Bertz CT molecular complexity index is 661. The summed E-state index contributed by atoms with van der Waals surface area (Å²) in [7, 11) is 0. The average Bonchev–Trinajstić information content (AvgIpc) is 2.79. The Kier molecular flexibility index (Phi) is 4.96. The number of benzene rings is 1. The van der Waals surface area contributed by atoms with Crippen molar-refractivity contribution < 1.29 is 9.18 Å². The van der Waals surface area contributed by atoms with E-state index in [4.69, 9.17) is 0 Å². The number of aryl methyl sites for hydroxylation is 2. The minimum absolute atomic E-state index is 0.108. The molecule has 1 amide bonds. The van der Waals surface area contributed by atoms with E-state index in [1.54, 1.807) is 12.1 Å². The normalized spacial score (nSPS) is 12.2. The van der Waals surface area contributed by atoms with Crippen LogP contribution in [0.4, 0.5) is 4.39 Å². The summed E-state index contributed by atoms with van der Waals surface area (Å²) in [5.41, 5.74) is 3.27. The van der Waals surface area contributed by atoms with E-state index < -0.39 is 0 Å². The molecule has 1 aromatic carbocycles. The van der Waals surface area contributed by atoms with Crippen LogP contribution in [0, 0.1) is 19.7 Å². The number of nitrogens with one attached hydrogen (secondary N) is 1. The van der Waals surface area contributed by atoms with Crippen molar-refractivity contribution in [2.45, 2.75) is 40.2 Å². The fourth-order valence-corrected chi connectivity index (χ4v) is 2.58. The van der Waals surface area contributed by atoms with Crippen LogP contribution in [0.2, 0.25) is 0 Å². The number of carbonyl (C=O) groups excluding carboxylic acids is 1. The highest BCUT2D eigenvalue weighted by Gasteiger charge is 2.18. The fraction of sp³-hybridized carbons (Fsp3) is 0.412. The van der Waals surface area contributed by atoms with Crippen LogP contribution in [-0.2, 0) is 6.54 Å². The van der Waals surface area contributed by atoms with E-state index in [0.717, 1.165) is 23.5 Å². The third-order valence-electron chi connectivity index (χ3n) is 3.92. The minimum Gasteiger partial charge on any atom is -0.351 e. The van der Waals surface area contributed by atoms with Gasteiger partial charge in [0.2, 0.25) is 0 Å². The van der Waals surface area contributed by atoms with Crippen molar-refractivity contribution in [2.75, 3.05) is 6.54 Å². The van der Waals surface area contributed by atoms with Crippen LogP contribution < -0.4 is 5.32 Å². The summed E-state index contributed by atoms with van der Waals surface area (Å²) in [6.07, 6.45) is 0. The standard InChI is InChI=1S/C17H22FN3O/c1-5-21-13(4)16(12(3)20-21)17(22)19-10-11(2)14-6-8-15(18)9-7-14/h6-9,11H,5,10H2,1-4H3,(H,19,22). The molecule has 118 valence electrons. The molecule has 2 aromatic rings. The molecule has 0 saturated carbocycles. The molecular formula is C17H22FN3O. The molecule has 1 atom stereocenters. The number of hydrogen-bond donors (Lipinski definition) is 1. The van der Waals surface area contributed by atoms with E-state index in [0.29, 0.717) is 12.1 Å². The molecule has 22 heavy (non-hydrogen) atoms. The molecule has 0 bridgehead atoms. The maximum Gasteiger partial charge on any atom is 0.255 e. The van der Waals surface area contributed by atoms with Gasteiger partial charge in [-0.15, -0.1) is 0 Å². The van der Waals surface area contributed by atoms with Crippen molar-refractivity contribution in [3.05, 3.63) is 52.6 Å². The van der Waals surface area contributed by atoms with Crippen molar-refractivity contribution >= 4 is 5.91 Å². The van der Waals surface area contributed by atoms with Gasteiger partial charge in [0.05, 0.1) is 11.3 Å². The quantitative estimate of drug-likeness (QED) is 0.922. The summed E-state index contributed by atoms with van der Waals surface area (Å²) >= 11 is 0. The van der Waals surface area contributed by atoms with E-state index in [9.17, 15) is 9.18 Å². The Morgan fingerprint density at radius 2 is 1.95 bits per heavy atom. The maximum atomic E-state index is 12.9. The maximum absolute atomic E-state index is 12.9. The van der Waals surface area contributed by atoms with Gasteiger partial charge < -0.3 is 5.32 Å². The first-order valence-electron chi connectivity index (χ1n) is 7.51. The van der Waals surface area contributed by atoms with E-state index in [2.05, 4.69) is 10.4 Å². The topological polar surface area (TPSA) is 46.9 Å². The Balaban J connectivity index is 2.04. The second kappa shape index (κ2) is 6.73. The highest BCUT2D eigenvalue weighted by atomic mass is 19.1. The Labute approximate surface area is 130 Å². The molecule has 2 rings (SSSR count). The first-order valence-corrected chi connectivity index (χ1v) is 7.51. The number of nitrogens with zero attached hydrogens (tertiary/aromatic N) is 2. The molecule has 1 N–H and O–H groups in total. The van der Waals surface area contributed by atoms with Gasteiger partial charge in [0.15, 0.2) is 0 Å². The molecule has 0 aliphatic carbocycles. The van der Waals surface area contributed by atoms with Gasteiger partial charge in [0, 0.05) is 18.8 Å². The van der Waals surface area contributed by atoms with Crippen LogP contribution >= 0.6 is 0 Å². The summed E-state index contributed by atoms with van der Waals surface area (Å²) in [6, 6.07) is 6.37. The molecule has 4 nitrogen and oxygen atoms in total. The summed E-state index contributed by atoms with van der Waals surface area (Å²) in [5, 5.41) is 7.30. The summed E-state index contributed by atoms with van der Waals surface area (Å²) in [4.78, 5) is 12.4. The number of amides is 1. The van der Waals surface area contributed by atoms with E-state index >= 15 is 0 Å². The van der Waals surface area contributed by atoms with Gasteiger partial charge in [0.1, 0.15) is 5.82 Å². The number of rotatable bonds is 5. The Morgan fingerprint density at radius 1 is 1.32 bits per heavy atom. The molecule has 0 radical (unpaired) electrons. The number of halogens is 1. The Hall–Kier alpha value is -2.17. The van der Waals surface area contributed by atoms with E-state index in [-0.39, 0.29) is 17.6 Å². The third-order valence-corrected chi connectivity index (χ3v) is 3.92. The van der Waals surface area contributed by atoms with Gasteiger partial charge in [-0.1, -0.05) is 19.1 Å². The zero-order valence-corrected chi connectivity index (χ0v) is 13.5. The number of carbonyl (C=O) groups is 1. The second-order valence-corrected chi connectivity index (χ2v) is 5.52. The molecule has 0 saturated heterocycles. The molecule has 5 heteroatoms. The smallest absolute Gasteiger partial charge is 0.255 e. The lowest BCUT2D eigenvalue weighted by molar-refractivity contribution is 0.0950. The number of hydrogen-bond acceptors (Lipinski definition) is 2. The molecule has 1 aromatic heterocycles. The highest BCUT2D eigenvalue weighted by Crippen LogP contribution is 2.16. The summed E-state index contributed by atoms with van der Waals surface area (Å²) in [6.45, 7) is 8.99. The molecule has 0 aliphatic heterocycles. The van der Waals surface area contributed by atoms with Crippen LogP contribution in [0.5, 0.6) is 0 Å². The van der Waals surface area contributed by atoms with Crippen LogP contribution in [0.3, 0.4) is 0 Å². The van der Waals surface area contributed by atoms with Crippen molar-refractivity contribution in [3.63, 3.8) is 0 Å². The predicted octanol–water partition coefficient (Wildman–Crippen LogP) is 3.19.